The second-order valence-corrected chi connectivity index (χ2v) is 4.75. The fourth-order valence-electron chi connectivity index (χ4n) is 0.530. The molecule has 0 saturated carbocycles. The van der Waals surface area contributed by atoms with Gasteiger partial charge in [-0.1, -0.05) is 20.8 Å². The Kier molecular flexibility index (Phi) is 5.14. The molecule has 5 heteroatoms. The smallest absolute Gasteiger partial charge is 0.383 e. The molecule has 0 aromatic carbocycles. The van der Waals surface area contributed by atoms with Gasteiger partial charge in [-0.3, -0.25) is 0 Å². The highest BCUT2D eigenvalue weighted by Gasteiger charge is 2.38. The highest BCUT2D eigenvalue weighted by atomic mass is 32.2. The lowest BCUT2D eigenvalue weighted by molar-refractivity contribution is -0.195. The van der Waals surface area contributed by atoms with Gasteiger partial charge in [-0.05, 0) is 5.92 Å². The second-order valence-electron chi connectivity index (χ2n) is 3.34. The Bertz CT molecular complexity index is 147. The number of rotatable bonds is 4. The number of halogens is 3. The van der Waals surface area contributed by atoms with Gasteiger partial charge in [0.15, 0.2) is 6.10 Å². The largest absolute Gasteiger partial charge is 0.415 e. The topological polar surface area (TPSA) is 20.2 Å². The minimum absolute atomic E-state index is 0.136. The molecule has 0 aromatic heterocycles. The molecular weight excluding hydrogens is 201 g/mol. The normalized spacial score (nSPS) is 17.5. The van der Waals surface area contributed by atoms with E-state index >= 15 is 0 Å². The Morgan fingerprint density at radius 1 is 1.23 bits per heavy atom. The molecule has 1 nitrogen and oxygen atoms in total. The van der Waals surface area contributed by atoms with Crippen molar-refractivity contribution in [1.82, 2.24) is 0 Å². The number of alkyl halides is 3. The Balaban J connectivity index is 3.77. The maximum Gasteiger partial charge on any atom is 0.415 e. The van der Waals surface area contributed by atoms with E-state index in [4.69, 9.17) is 5.11 Å². The molecule has 0 bridgehead atoms. The molecule has 0 heterocycles. The molecule has 2 atom stereocenters. The molecule has 0 aliphatic heterocycles. The van der Waals surface area contributed by atoms with Crippen molar-refractivity contribution < 1.29 is 18.3 Å². The van der Waals surface area contributed by atoms with Gasteiger partial charge in [-0.25, -0.2) is 0 Å². The van der Waals surface area contributed by atoms with Gasteiger partial charge >= 0.3 is 6.18 Å². The van der Waals surface area contributed by atoms with E-state index in [1.807, 2.05) is 20.8 Å². The lowest BCUT2D eigenvalue weighted by Gasteiger charge is -2.19. The molecule has 0 saturated heterocycles. The number of aliphatic hydroxyl groups excluding tert-OH is 1. The summed E-state index contributed by atoms with van der Waals surface area (Å²) < 4.78 is 35.5. The highest BCUT2D eigenvalue weighted by molar-refractivity contribution is 7.99. The van der Waals surface area contributed by atoms with E-state index in [0.29, 0.717) is 5.92 Å². The van der Waals surface area contributed by atoms with Crippen LogP contribution in [0.4, 0.5) is 13.2 Å². The van der Waals surface area contributed by atoms with E-state index in [1.54, 1.807) is 0 Å². The van der Waals surface area contributed by atoms with Crippen LogP contribution in [0.25, 0.3) is 0 Å². The van der Waals surface area contributed by atoms with Gasteiger partial charge in [-0.15, -0.1) is 0 Å². The van der Waals surface area contributed by atoms with Crippen molar-refractivity contribution in [2.45, 2.75) is 38.3 Å². The SMILES string of the molecule is CC(C)C(C)SCC(O)C(F)(F)F. The highest BCUT2D eigenvalue weighted by Crippen LogP contribution is 2.26. The summed E-state index contributed by atoms with van der Waals surface area (Å²) in [6, 6.07) is 0. The first-order chi connectivity index (χ1) is 5.75. The first-order valence-electron chi connectivity index (χ1n) is 4.11. The van der Waals surface area contributed by atoms with Crippen LogP contribution in [0.1, 0.15) is 20.8 Å². The lowest BCUT2D eigenvalue weighted by Crippen LogP contribution is -2.31. The minimum atomic E-state index is -4.48. The fourth-order valence-corrected chi connectivity index (χ4v) is 1.59. The predicted octanol–water partition coefficient (Wildman–Crippen LogP) is 2.69. The third kappa shape index (κ3) is 5.41. The van der Waals surface area contributed by atoms with Gasteiger partial charge in [0.25, 0.3) is 0 Å². The molecule has 0 fully saturated rings. The molecule has 13 heavy (non-hydrogen) atoms. The lowest BCUT2D eigenvalue weighted by atomic mass is 10.2. The summed E-state index contributed by atoms with van der Waals surface area (Å²) in [5, 5.41) is 8.81. The molecule has 80 valence electrons. The average Bonchev–Trinajstić information content (AvgIpc) is 1.97. The van der Waals surface area contributed by atoms with Crippen molar-refractivity contribution in [3.63, 3.8) is 0 Å². The van der Waals surface area contributed by atoms with Crippen LogP contribution in [-0.4, -0.2) is 28.4 Å². The van der Waals surface area contributed by atoms with Crippen LogP contribution >= 0.6 is 11.8 Å². The van der Waals surface area contributed by atoms with Crippen LogP contribution in [0.15, 0.2) is 0 Å². The molecule has 0 spiro atoms. The van der Waals surface area contributed by atoms with E-state index in [2.05, 4.69) is 0 Å². The summed E-state index contributed by atoms with van der Waals surface area (Å²) in [5.74, 6) is 0.0495. The molecular formula is C8H15F3OS. The summed E-state index contributed by atoms with van der Waals surface area (Å²) in [4.78, 5) is 0. The number of thioether (sulfide) groups is 1. The van der Waals surface area contributed by atoms with Crippen molar-refractivity contribution in [3.8, 4) is 0 Å². The molecule has 0 rings (SSSR count). The van der Waals surface area contributed by atoms with Gasteiger partial charge in [-0.2, -0.15) is 24.9 Å². The Labute approximate surface area is 80.7 Å². The third-order valence-corrected chi connectivity index (χ3v) is 3.41. The van der Waals surface area contributed by atoms with Crippen molar-refractivity contribution in [3.05, 3.63) is 0 Å². The number of hydrogen-bond acceptors (Lipinski definition) is 2. The molecule has 0 aromatic rings. The summed E-state index contributed by atoms with van der Waals surface area (Å²) in [6.45, 7) is 5.74. The summed E-state index contributed by atoms with van der Waals surface area (Å²) >= 11 is 1.15. The van der Waals surface area contributed by atoms with Crippen LogP contribution in [0.3, 0.4) is 0 Å². The summed E-state index contributed by atoms with van der Waals surface area (Å²) in [7, 11) is 0. The second kappa shape index (κ2) is 5.10. The molecule has 1 N–H and O–H groups in total. The van der Waals surface area contributed by atoms with E-state index < -0.39 is 12.3 Å². The molecule has 0 aliphatic carbocycles. The van der Waals surface area contributed by atoms with Crippen molar-refractivity contribution in [2.75, 3.05) is 5.75 Å². The van der Waals surface area contributed by atoms with Gasteiger partial charge < -0.3 is 5.11 Å². The maximum absolute atomic E-state index is 11.8. The zero-order chi connectivity index (χ0) is 10.6. The monoisotopic (exact) mass is 216 g/mol. The molecule has 0 radical (unpaired) electrons. The van der Waals surface area contributed by atoms with E-state index in [1.165, 1.54) is 0 Å². The van der Waals surface area contributed by atoms with Crippen molar-refractivity contribution in [2.24, 2.45) is 5.92 Å². The van der Waals surface area contributed by atoms with Crippen LogP contribution in [0, 0.1) is 5.92 Å². The summed E-state index contributed by atoms with van der Waals surface area (Å²) in [6.07, 6.45) is -6.68. The Hall–Kier alpha value is 0.100. The zero-order valence-electron chi connectivity index (χ0n) is 7.93. The molecule has 0 aliphatic rings. The molecule has 2 unspecified atom stereocenters. The van der Waals surface area contributed by atoms with Crippen LogP contribution < -0.4 is 0 Å². The Morgan fingerprint density at radius 3 is 2.00 bits per heavy atom. The minimum Gasteiger partial charge on any atom is -0.383 e. The predicted molar refractivity (Wildman–Crippen MR) is 48.8 cm³/mol. The van der Waals surface area contributed by atoms with Gasteiger partial charge in [0, 0.05) is 11.0 Å². The quantitative estimate of drug-likeness (QED) is 0.779. The molecule has 0 amide bonds. The maximum atomic E-state index is 11.8. The van der Waals surface area contributed by atoms with Crippen LogP contribution in [0.5, 0.6) is 0 Å². The van der Waals surface area contributed by atoms with Gasteiger partial charge in [0.05, 0.1) is 0 Å². The number of aliphatic hydroxyl groups is 1. The Morgan fingerprint density at radius 2 is 1.69 bits per heavy atom. The van der Waals surface area contributed by atoms with E-state index in [-0.39, 0.29) is 11.0 Å². The third-order valence-electron chi connectivity index (χ3n) is 1.83. The standard InChI is InChI=1S/C8H15F3OS/c1-5(2)6(3)13-4-7(12)8(9,10)11/h5-7,12H,4H2,1-3H3. The summed E-state index contributed by atoms with van der Waals surface area (Å²) in [5.41, 5.74) is 0. The fraction of sp³-hybridized carbons (Fsp3) is 1.00. The first-order valence-corrected chi connectivity index (χ1v) is 5.16. The zero-order valence-corrected chi connectivity index (χ0v) is 8.75. The van der Waals surface area contributed by atoms with E-state index in [9.17, 15) is 13.2 Å². The van der Waals surface area contributed by atoms with Crippen molar-refractivity contribution in [1.29, 1.82) is 0 Å². The van der Waals surface area contributed by atoms with Gasteiger partial charge in [0.2, 0.25) is 0 Å². The first kappa shape index (κ1) is 13.1. The van der Waals surface area contributed by atoms with Gasteiger partial charge in [0.1, 0.15) is 0 Å². The van der Waals surface area contributed by atoms with E-state index in [0.717, 1.165) is 11.8 Å². The van der Waals surface area contributed by atoms with Crippen LogP contribution in [0.2, 0.25) is 0 Å². The van der Waals surface area contributed by atoms with Crippen LogP contribution in [-0.2, 0) is 0 Å². The average molecular weight is 216 g/mol. The van der Waals surface area contributed by atoms with Crippen molar-refractivity contribution >= 4 is 11.8 Å². The number of hydrogen-bond donors (Lipinski definition) is 1.